The molecule has 1 aliphatic heterocycles. The Labute approximate surface area is 170 Å². The lowest BCUT2D eigenvalue weighted by molar-refractivity contribution is -0.116. The van der Waals surface area contributed by atoms with Gasteiger partial charge in [0.2, 0.25) is 5.91 Å². The van der Waals surface area contributed by atoms with E-state index in [0.717, 1.165) is 16.7 Å². The van der Waals surface area contributed by atoms with E-state index in [1.807, 2.05) is 18.2 Å². The molecule has 152 valence electrons. The Morgan fingerprint density at radius 1 is 1.20 bits per heavy atom. The van der Waals surface area contributed by atoms with Crippen LogP contribution in [0.4, 0.5) is 0 Å². The molecule has 1 amide bonds. The fraction of sp³-hybridized carbons (Fsp3) is 0.250. The molecule has 0 atom stereocenters. The van der Waals surface area contributed by atoms with Crippen LogP contribution in [0, 0.1) is 0 Å². The van der Waals surface area contributed by atoms with Crippen LogP contribution in [0.3, 0.4) is 0 Å². The molecule has 5 rings (SSSR count). The van der Waals surface area contributed by atoms with Crippen molar-refractivity contribution in [2.24, 2.45) is 0 Å². The van der Waals surface area contributed by atoms with Crippen LogP contribution in [-0.2, 0) is 4.79 Å². The second-order valence-electron chi connectivity index (χ2n) is 6.80. The molecule has 0 unspecified atom stereocenters. The van der Waals surface area contributed by atoms with Crippen LogP contribution in [0.2, 0.25) is 0 Å². The minimum absolute atomic E-state index is 0.261. The first-order chi connectivity index (χ1) is 14.6. The number of ether oxygens (including phenoxy) is 2. The molecule has 1 aromatic carbocycles. The number of carbonyl (C=O) groups is 1. The third kappa shape index (κ3) is 3.02. The zero-order chi connectivity index (χ0) is 20.7. The Bertz CT molecular complexity index is 1340. The van der Waals surface area contributed by atoms with Crippen LogP contribution in [-0.4, -0.2) is 43.4 Å². The molecule has 0 saturated carbocycles. The number of nitrogens with one attached hydrogen (secondary N) is 1. The van der Waals surface area contributed by atoms with Crippen LogP contribution in [0.15, 0.2) is 41.5 Å². The van der Waals surface area contributed by atoms with E-state index in [9.17, 15) is 9.59 Å². The Morgan fingerprint density at radius 2 is 2.03 bits per heavy atom. The molecule has 30 heavy (non-hydrogen) atoms. The maximum absolute atomic E-state index is 12.7. The maximum Gasteiger partial charge on any atom is 0.280 e. The van der Waals surface area contributed by atoms with Gasteiger partial charge in [0.05, 0.1) is 24.1 Å². The summed E-state index contributed by atoms with van der Waals surface area (Å²) in [7, 11) is 0. The van der Waals surface area contributed by atoms with Crippen LogP contribution in [0.1, 0.15) is 19.8 Å². The summed E-state index contributed by atoms with van der Waals surface area (Å²) in [5.74, 6) is 1.89. The fourth-order valence-electron chi connectivity index (χ4n) is 3.25. The van der Waals surface area contributed by atoms with E-state index in [1.54, 1.807) is 13.0 Å². The molecule has 4 heterocycles. The van der Waals surface area contributed by atoms with E-state index in [-0.39, 0.29) is 12.3 Å². The lowest BCUT2D eigenvalue weighted by atomic mass is 10.2. The molecule has 0 fully saturated rings. The van der Waals surface area contributed by atoms with Gasteiger partial charge in [0, 0.05) is 30.8 Å². The highest BCUT2D eigenvalue weighted by Crippen LogP contribution is 2.33. The third-order valence-corrected chi connectivity index (χ3v) is 4.81. The predicted octanol–water partition coefficient (Wildman–Crippen LogP) is 1.75. The molecule has 10 nitrogen and oxygen atoms in total. The SMILES string of the molecule is CCC(=O)Nn1ccc2c(cnc3nc(-c4ccc5c(c4)OCCCO5)nn32)c1=O. The average molecular weight is 406 g/mol. The maximum atomic E-state index is 12.7. The summed E-state index contributed by atoms with van der Waals surface area (Å²) in [5.41, 5.74) is 3.43. The highest BCUT2D eigenvalue weighted by Gasteiger charge is 2.16. The molecule has 1 N–H and O–H groups in total. The Balaban J connectivity index is 1.60. The summed E-state index contributed by atoms with van der Waals surface area (Å²) in [6.07, 6.45) is 4.02. The van der Waals surface area contributed by atoms with Crippen molar-refractivity contribution >= 4 is 22.6 Å². The van der Waals surface area contributed by atoms with Crippen molar-refractivity contribution in [1.82, 2.24) is 24.3 Å². The molecule has 3 aromatic heterocycles. The smallest absolute Gasteiger partial charge is 0.280 e. The van der Waals surface area contributed by atoms with Gasteiger partial charge in [-0.1, -0.05) is 6.92 Å². The first kappa shape index (κ1) is 18.1. The number of nitrogens with zero attached hydrogens (tertiary/aromatic N) is 5. The van der Waals surface area contributed by atoms with E-state index in [1.165, 1.54) is 16.9 Å². The first-order valence-corrected chi connectivity index (χ1v) is 9.61. The van der Waals surface area contributed by atoms with Gasteiger partial charge in [-0.2, -0.15) is 9.50 Å². The Kier molecular flexibility index (Phi) is 4.31. The van der Waals surface area contributed by atoms with Crippen molar-refractivity contribution < 1.29 is 14.3 Å². The van der Waals surface area contributed by atoms with Gasteiger partial charge >= 0.3 is 0 Å². The first-order valence-electron chi connectivity index (χ1n) is 9.61. The number of fused-ring (bicyclic) bond motifs is 4. The number of rotatable bonds is 3. The largest absolute Gasteiger partial charge is 0.490 e. The van der Waals surface area contributed by atoms with E-state index in [0.29, 0.717) is 47.2 Å². The monoisotopic (exact) mass is 406 g/mol. The van der Waals surface area contributed by atoms with E-state index >= 15 is 0 Å². The lowest BCUT2D eigenvalue weighted by Crippen LogP contribution is -2.32. The molecule has 0 aliphatic carbocycles. The molecule has 0 bridgehead atoms. The van der Waals surface area contributed by atoms with Gasteiger partial charge in [0.1, 0.15) is 0 Å². The number of amides is 1. The van der Waals surface area contributed by atoms with Gasteiger partial charge in [0.25, 0.3) is 11.3 Å². The summed E-state index contributed by atoms with van der Waals surface area (Å²) in [6.45, 7) is 2.91. The normalized spacial score (nSPS) is 13.4. The number of aromatic nitrogens is 5. The number of benzene rings is 1. The summed E-state index contributed by atoms with van der Waals surface area (Å²) in [5, 5.41) is 4.86. The highest BCUT2D eigenvalue weighted by molar-refractivity contribution is 5.84. The molecule has 0 spiro atoms. The summed E-state index contributed by atoms with van der Waals surface area (Å²) >= 11 is 0. The summed E-state index contributed by atoms with van der Waals surface area (Å²) in [6, 6.07) is 7.22. The van der Waals surface area contributed by atoms with Crippen molar-refractivity contribution in [2.45, 2.75) is 19.8 Å². The topological polar surface area (TPSA) is 113 Å². The predicted molar refractivity (Wildman–Crippen MR) is 108 cm³/mol. The molecule has 0 radical (unpaired) electrons. The Hall–Kier alpha value is -3.95. The van der Waals surface area contributed by atoms with Crippen molar-refractivity contribution in [1.29, 1.82) is 0 Å². The van der Waals surface area contributed by atoms with Gasteiger partial charge in [0.15, 0.2) is 17.3 Å². The molecule has 0 saturated heterocycles. The number of pyridine rings is 1. The van der Waals surface area contributed by atoms with Gasteiger partial charge in [-0.3, -0.25) is 15.0 Å². The third-order valence-electron chi connectivity index (χ3n) is 4.81. The minimum atomic E-state index is -0.392. The van der Waals surface area contributed by atoms with Crippen LogP contribution < -0.4 is 20.5 Å². The van der Waals surface area contributed by atoms with Gasteiger partial charge in [-0.05, 0) is 24.3 Å². The number of carbonyl (C=O) groups excluding carboxylic acids is 1. The van der Waals surface area contributed by atoms with Crippen molar-refractivity contribution in [3.8, 4) is 22.9 Å². The molecular formula is C20H18N6O4. The van der Waals surface area contributed by atoms with E-state index in [2.05, 4.69) is 20.5 Å². The van der Waals surface area contributed by atoms with Crippen molar-refractivity contribution in [3.05, 3.63) is 47.0 Å². The van der Waals surface area contributed by atoms with Crippen molar-refractivity contribution in [3.63, 3.8) is 0 Å². The van der Waals surface area contributed by atoms with Crippen LogP contribution in [0.25, 0.3) is 28.1 Å². The number of hydrogen-bond donors (Lipinski definition) is 1. The van der Waals surface area contributed by atoms with Crippen LogP contribution in [0.5, 0.6) is 11.5 Å². The lowest BCUT2D eigenvalue weighted by Gasteiger charge is -2.08. The van der Waals surface area contributed by atoms with Gasteiger partial charge in [-0.15, -0.1) is 5.10 Å². The minimum Gasteiger partial charge on any atom is -0.490 e. The molecule has 10 heteroatoms. The quantitative estimate of drug-likeness (QED) is 0.551. The van der Waals surface area contributed by atoms with E-state index in [4.69, 9.17) is 9.47 Å². The zero-order valence-corrected chi connectivity index (χ0v) is 16.2. The highest BCUT2D eigenvalue weighted by atomic mass is 16.5. The van der Waals surface area contributed by atoms with Gasteiger partial charge < -0.3 is 9.47 Å². The standard InChI is InChI=1S/C20H18N6O4/c1-2-17(27)23-25-7-6-14-13(19(25)28)11-21-20-22-18(24-26(14)20)12-4-5-15-16(10-12)30-9-3-8-29-15/h4-7,10-11H,2-3,8-9H2,1H3,(H,23,27). The van der Waals surface area contributed by atoms with E-state index < -0.39 is 5.56 Å². The molecule has 4 aromatic rings. The molecule has 1 aliphatic rings. The number of hydrogen-bond acceptors (Lipinski definition) is 7. The summed E-state index contributed by atoms with van der Waals surface area (Å²) < 4.78 is 14.1. The second-order valence-corrected chi connectivity index (χ2v) is 6.80. The van der Waals surface area contributed by atoms with Crippen molar-refractivity contribution in [2.75, 3.05) is 18.6 Å². The van der Waals surface area contributed by atoms with Crippen LogP contribution >= 0.6 is 0 Å². The average Bonchev–Trinajstić information content (AvgIpc) is 3.07. The zero-order valence-electron chi connectivity index (χ0n) is 16.2. The summed E-state index contributed by atoms with van der Waals surface area (Å²) in [4.78, 5) is 33.1. The fourth-order valence-corrected chi connectivity index (χ4v) is 3.25. The Morgan fingerprint density at radius 3 is 2.87 bits per heavy atom. The molecular weight excluding hydrogens is 388 g/mol. The second kappa shape index (κ2) is 7.14. The van der Waals surface area contributed by atoms with Gasteiger partial charge in [-0.25, -0.2) is 9.66 Å².